The number of piperidine rings is 1. The van der Waals surface area contributed by atoms with Crippen LogP contribution >= 0.6 is 0 Å². The quantitative estimate of drug-likeness (QED) is 0.362. The van der Waals surface area contributed by atoms with E-state index in [1.165, 1.54) is 0 Å². The summed E-state index contributed by atoms with van der Waals surface area (Å²) in [5.74, 6) is -0.302. The molecule has 2 aromatic rings. The van der Waals surface area contributed by atoms with Gasteiger partial charge in [-0.2, -0.15) is 0 Å². The lowest BCUT2D eigenvalue weighted by molar-refractivity contribution is -0.144. The highest BCUT2D eigenvalue weighted by Gasteiger charge is 2.28. The Balaban J connectivity index is 1.22. The highest BCUT2D eigenvalue weighted by Crippen LogP contribution is 2.24. The zero-order valence-electron chi connectivity index (χ0n) is 20.4. The second-order valence-electron chi connectivity index (χ2n) is 9.08. The molecule has 1 amide bonds. The number of esters is 1. The third-order valence-corrected chi connectivity index (χ3v) is 6.84. The van der Waals surface area contributed by atoms with Crippen molar-refractivity contribution in [3.63, 3.8) is 0 Å². The molecule has 0 aromatic heterocycles. The number of carbonyl (C=O) groups is 2. The Morgan fingerprint density at radius 1 is 0.914 bits per heavy atom. The maximum atomic E-state index is 12.3. The molecule has 0 atom stereocenters. The zero-order chi connectivity index (χ0) is 24.6. The number of rotatable bonds is 7. The third kappa shape index (κ3) is 6.68. The molecule has 0 spiro atoms. The number of carbonyl (C=O) groups excluding carboxylic acids is 2. The van der Waals surface area contributed by atoms with Crippen molar-refractivity contribution >= 4 is 23.4 Å². The number of nitrogens with zero attached hydrogens (tertiary/aromatic N) is 3. The molecule has 8 nitrogen and oxygen atoms in total. The molecule has 0 saturated carbocycles. The molecule has 0 bridgehead atoms. The van der Waals surface area contributed by atoms with E-state index in [1.807, 2.05) is 49.4 Å². The van der Waals surface area contributed by atoms with Crippen molar-refractivity contribution in [3.8, 4) is 0 Å². The van der Waals surface area contributed by atoms with Crippen LogP contribution in [0.1, 0.15) is 35.7 Å². The summed E-state index contributed by atoms with van der Waals surface area (Å²) in [6, 6.07) is 17.4. The van der Waals surface area contributed by atoms with Gasteiger partial charge in [-0.3, -0.25) is 24.8 Å². The SMILES string of the molecule is CCOC(=O)CN1CCN(C2CCN(c3ccc(C(=N)NC(=O)c4ccccc4)cc3)CC2)CC1. The lowest BCUT2D eigenvalue weighted by Crippen LogP contribution is -2.54. The monoisotopic (exact) mass is 477 g/mol. The molecular weight excluding hydrogens is 442 g/mol. The Morgan fingerprint density at radius 3 is 2.20 bits per heavy atom. The zero-order valence-corrected chi connectivity index (χ0v) is 20.4. The minimum atomic E-state index is -0.275. The summed E-state index contributed by atoms with van der Waals surface area (Å²) in [6.45, 7) is 8.47. The highest BCUT2D eigenvalue weighted by atomic mass is 16.5. The Kier molecular flexibility index (Phi) is 8.50. The third-order valence-electron chi connectivity index (χ3n) is 6.84. The van der Waals surface area contributed by atoms with Gasteiger partial charge in [0, 0.05) is 62.1 Å². The van der Waals surface area contributed by atoms with E-state index in [4.69, 9.17) is 10.1 Å². The average molecular weight is 478 g/mol. The van der Waals surface area contributed by atoms with Crippen molar-refractivity contribution in [2.24, 2.45) is 0 Å². The van der Waals surface area contributed by atoms with Crippen molar-refractivity contribution in [3.05, 3.63) is 65.7 Å². The van der Waals surface area contributed by atoms with Crippen LogP contribution in [0.4, 0.5) is 5.69 Å². The van der Waals surface area contributed by atoms with Gasteiger partial charge >= 0.3 is 5.97 Å². The summed E-state index contributed by atoms with van der Waals surface area (Å²) < 4.78 is 5.07. The standard InChI is InChI=1S/C27H35N5O3/c1-2-35-25(33)20-30-16-18-32(19-17-30)24-12-14-31(15-13-24)23-10-8-21(9-11-23)26(28)29-27(34)22-6-4-3-5-7-22/h3-11,24H,2,12-20H2,1H3,(H2,28,29,34). The predicted molar refractivity (Wildman–Crippen MR) is 137 cm³/mol. The molecule has 0 aliphatic carbocycles. The predicted octanol–water partition coefficient (Wildman–Crippen LogP) is 2.59. The Morgan fingerprint density at radius 2 is 1.57 bits per heavy atom. The molecule has 2 heterocycles. The van der Waals surface area contributed by atoms with Crippen LogP contribution in [-0.2, 0) is 9.53 Å². The highest BCUT2D eigenvalue weighted by molar-refractivity contribution is 6.11. The molecule has 2 N–H and O–H groups in total. The van der Waals surface area contributed by atoms with E-state index in [-0.39, 0.29) is 17.7 Å². The molecule has 2 fully saturated rings. The summed E-state index contributed by atoms with van der Waals surface area (Å²) in [4.78, 5) is 31.2. The van der Waals surface area contributed by atoms with Gasteiger partial charge < -0.3 is 15.0 Å². The molecule has 4 rings (SSSR count). The van der Waals surface area contributed by atoms with E-state index < -0.39 is 0 Å². The van der Waals surface area contributed by atoms with Crippen molar-refractivity contribution in [2.45, 2.75) is 25.8 Å². The number of amidine groups is 1. The molecule has 186 valence electrons. The molecule has 2 saturated heterocycles. The fraction of sp³-hybridized carbons (Fsp3) is 0.444. The largest absolute Gasteiger partial charge is 0.465 e. The lowest BCUT2D eigenvalue weighted by Gasteiger charge is -2.43. The first kappa shape index (κ1) is 24.9. The van der Waals surface area contributed by atoms with Crippen molar-refractivity contribution in [1.82, 2.24) is 15.1 Å². The van der Waals surface area contributed by atoms with Crippen LogP contribution in [0.5, 0.6) is 0 Å². The second-order valence-corrected chi connectivity index (χ2v) is 9.08. The molecular formula is C27H35N5O3. The number of anilines is 1. The van der Waals surface area contributed by atoms with Crippen LogP contribution < -0.4 is 10.2 Å². The van der Waals surface area contributed by atoms with Crippen LogP contribution in [0.15, 0.2) is 54.6 Å². The molecule has 2 aliphatic rings. The van der Waals surface area contributed by atoms with Gasteiger partial charge in [-0.15, -0.1) is 0 Å². The van der Waals surface area contributed by atoms with E-state index in [0.29, 0.717) is 30.3 Å². The van der Waals surface area contributed by atoms with E-state index in [2.05, 4.69) is 20.0 Å². The van der Waals surface area contributed by atoms with Crippen molar-refractivity contribution in [1.29, 1.82) is 5.41 Å². The molecule has 2 aliphatic heterocycles. The van der Waals surface area contributed by atoms with E-state index in [0.717, 1.165) is 57.8 Å². The van der Waals surface area contributed by atoms with Gasteiger partial charge in [-0.25, -0.2) is 0 Å². The number of piperazine rings is 1. The van der Waals surface area contributed by atoms with Gasteiger partial charge in [0.05, 0.1) is 13.2 Å². The minimum absolute atomic E-state index is 0.103. The van der Waals surface area contributed by atoms with Gasteiger partial charge in [-0.05, 0) is 56.2 Å². The first-order chi connectivity index (χ1) is 17.0. The molecule has 8 heteroatoms. The molecule has 35 heavy (non-hydrogen) atoms. The van der Waals surface area contributed by atoms with Gasteiger partial charge in [0.2, 0.25) is 0 Å². The normalized spacial score (nSPS) is 17.7. The van der Waals surface area contributed by atoms with Gasteiger partial charge in [0.1, 0.15) is 5.84 Å². The second kappa shape index (κ2) is 12.0. The van der Waals surface area contributed by atoms with E-state index >= 15 is 0 Å². The van der Waals surface area contributed by atoms with Gasteiger partial charge in [0.25, 0.3) is 5.91 Å². The van der Waals surface area contributed by atoms with Crippen molar-refractivity contribution < 1.29 is 14.3 Å². The molecule has 0 radical (unpaired) electrons. The average Bonchev–Trinajstić information content (AvgIpc) is 2.90. The Labute approximate surface area is 207 Å². The maximum absolute atomic E-state index is 12.3. The van der Waals surface area contributed by atoms with Crippen molar-refractivity contribution in [2.75, 3.05) is 57.3 Å². The fourth-order valence-corrected chi connectivity index (χ4v) is 4.85. The summed E-state index contributed by atoms with van der Waals surface area (Å²) >= 11 is 0. The maximum Gasteiger partial charge on any atom is 0.320 e. The Hall–Kier alpha value is -3.23. The number of benzene rings is 2. The first-order valence-corrected chi connectivity index (χ1v) is 12.5. The molecule has 2 aromatic carbocycles. The molecule has 0 unspecified atom stereocenters. The van der Waals surface area contributed by atoms with Crippen LogP contribution in [0.3, 0.4) is 0 Å². The van der Waals surface area contributed by atoms with Gasteiger partial charge in [-0.1, -0.05) is 18.2 Å². The summed E-state index contributed by atoms with van der Waals surface area (Å²) in [5.41, 5.74) is 2.37. The number of hydrogen-bond donors (Lipinski definition) is 2. The van der Waals surface area contributed by atoms with Gasteiger partial charge in [0.15, 0.2) is 0 Å². The number of amides is 1. The summed E-state index contributed by atoms with van der Waals surface area (Å²) in [6.07, 6.45) is 2.23. The van der Waals surface area contributed by atoms with Crippen LogP contribution in [0, 0.1) is 5.41 Å². The Bertz CT molecular complexity index is 995. The lowest BCUT2D eigenvalue weighted by atomic mass is 10.0. The first-order valence-electron chi connectivity index (χ1n) is 12.5. The topological polar surface area (TPSA) is 89.0 Å². The number of nitrogens with one attached hydrogen (secondary N) is 2. The van der Waals surface area contributed by atoms with Crippen LogP contribution in [0.25, 0.3) is 0 Å². The summed E-state index contributed by atoms with van der Waals surface area (Å²) in [7, 11) is 0. The number of hydrogen-bond acceptors (Lipinski definition) is 7. The number of ether oxygens (including phenoxy) is 1. The van der Waals surface area contributed by atoms with Crippen LogP contribution in [-0.4, -0.2) is 86.0 Å². The smallest absolute Gasteiger partial charge is 0.320 e. The van der Waals surface area contributed by atoms with E-state index in [1.54, 1.807) is 12.1 Å². The fourth-order valence-electron chi connectivity index (χ4n) is 4.85. The van der Waals surface area contributed by atoms with E-state index in [9.17, 15) is 9.59 Å². The minimum Gasteiger partial charge on any atom is -0.465 e. The summed E-state index contributed by atoms with van der Waals surface area (Å²) in [5, 5.41) is 10.9. The van der Waals surface area contributed by atoms with Crippen LogP contribution in [0.2, 0.25) is 0 Å².